The molecule has 1 spiro atoms. The number of carbonyl (C=O) groups excluding carboxylic acids is 2. The van der Waals surface area contributed by atoms with Crippen LogP contribution < -0.4 is 15.4 Å². The maximum atomic E-state index is 12.8. The van der Waals surface area contributed by atoms with Crippen molar-refractivity contribution in [2.45, 2.75) is 37.1 Å². The summed E-state index contributed by atoms with van der Waals surface area (Å²) in [5.74, 6) is -0.148. The fourth-order valence-corrected chi connectivity index (χ4v) is 5.07. The summed E-state index contributed by atoms with van der Waals surface area (Å²) in [6.07, 6.45) is 1.04. The maximum absolute atomic E-state index is 12.8. The third-order valence-corrected chi connectivity index (χ3v) is 7.43. The molecule has 0 unspecified atom stereocenters. The number of nitrogens with zero attached hydrogens (tertiary/aromatic N) is 5. The summed E-state index contributed by atoms with van der Waals surface area (Å²) in [5, 5.41) is 9.37. The Morgan fingerprint density at radius 3 is 2.40 bits per heavy atom. The summed E-state index contributed by atoms with van der Waals surface area (Å²) < 4.78 is 44.7. The number of hydrogen-bond acceptors (Lipinski definition) is 8. The number of benzene rings is 1. The Kier molecular flexibility index (Phi) is 7.08. The molecule has 13 heteroatoms. The molecule has 2 amide bonds. The maximum Gasteiger partial charge on any atom is 0.434 e. The van der Waals surface area contributed by atoms with Gasteiger partial charge in [-0.2, -0.15) is 13.2 Å². The molecule has 4 heterocycles. The number of likely N-dealkylation sites (N-methyl/N-ethyl adjacent to an activating group) is 1. The van der Waals surface area contributed by atoms with Crippen LogP contribution in [0.15, 0.2) is 48.9 Å². The topological polar surface area (TPSA) is 135 Å². The van der Waals surface area contributed by atoms with E-state index in [2.05, 4.69) is 15.0 Å². The number of fused-ring (bicyclic) bond motifs is 1. The van der Waals surface area contributed by atoms with Gasteiger partial charge < -0.3 is 25.4 Å². The second kappa shape index (κ2) is 10.4. The number of ether oxygens (including phenoxy) is 1. The molecule has 3 aromatic rings. The quantitative estimate of drug-likeness (QED) is 0.473. The number of rotatable bonds is 6. The Balaban J connectivity index is 1.24. The Morgan fingerprint density at radius 1 is 1.12 bits per heavy atom. The summed E-state index contributed by atoms with van der Waals surface area (Å²) in [5.41, 5.74) is 6.63. The lowest BCUT2D eigenvalue weighted by Crippen LogP contribution is -2.47. The van der Waals surface area contributed by atoms with Crippen LogP contribution in [0.5, 0.6) is 5.75 Å². The second-order valence-corrected chi connectivity index (χ2v) is 9.98. The van der Waals surface area contributed by atoms with Crippen molar-refractivity contribution in [1.82, 2.24) is 19.9 Å². The minimum absolute atomic E-state index is 0.332. The fourth-order valence-electron chi connectivity index (χ4n) is 5.07. The highest BCUT2D eigenvalue weighted by atomic mass is 19.4. The number of hydrogen-bond donors (Lipinski definition) is 2. The van der Waals surface area contributed by atoms with E-state index in [-0.39, 0.29) is 0 Å². The van der Waals surface area contributed by atoms with Crippen LogP contribution >= 0.6 is 0 Å². The van der Waals surface area contributed by atoms with E-state index in [1.165, 1.54) is 7.05 Å². The number of nitrogens with two attached hydrogens (primary N) is 1. The van der Waals surface area contributed by atoms with E-state index in [9.17, 15) is 27.9 Å². The molecule has 2 aliphatic rings. The molecule has 1 aromatic carbocycles. The SMILES string of the molecule is CN(C(=O)c1ccc(-c2cc3c(cn2)OC2(CCN(c4cnc(C(F)(F)F)cn4)CC2)C3)cc1)[C@@H](CO)C(N)=O. The van der Waals surface area contributed by atoms with Crippen molar-refractivity contribution < 1.29 is 32.6 Å². The van der Waals surface area contributed by atoms with Crippen LogP contribution in [0.1, 0.15) is 34.5 Å². The lowest BCUT2D eigenvalue weighted by atomic mass is 9.87. The van der Waals surface area contributed by atoms with Crippen molar-refractivity contribution in [2.24, 2.45) is 5.73 Å². The van der Waals surface area contributed by atoms with Crippen LogP contribution in [0, 0.1) is 0 Å². The minimum Gasteiger partial charge on any atom is -0.485 e. The average Bonchev–Trinajstić information content (AvgIpc) is 3.29. The fraction of sp³-hybridized carbons (Fsp3) is 0.370. The Hall–Kier alpha value is -4.26. The van der Waals surface area contributed by atoms with E-state index in [1.54, 1.807) is 30.5 Å². The van der Waals surface area contributed by atoms with Crippen molar-refractivity contribution in [3.63, 3.8) is 0 Å². The molecule has 10 nitrogen and oxygen atoms in total. The molecule has 3 N–H and O–H groups in total. The van der Waals surface area contributed by atoms with Gasteiger partial charge >= 0.3 is 6.18 Å². The molecule has 0 bridgehead atoms. The molecular weight excluding hydrogens is 529 g/mol. The number of aromatic nitrogens is 3. The van der Waals surface area contributed by atoms with Crippen molar-refractivity contribution >= 4 is 17.6 Å². The van der Waals surface area contributed by atoms with Crippen molar-refractivity contribution in [3.8, 4) is 17.0 Å². The monoisotopic (exact) mass is 556 g/mol. The Morgan fingerprint density at radius 2 is 1.82 bits per heavy atom. The average molecular weight is 557 g/mol. The van der Waals surface area contributed by atoms with Crippen molar-refractivity contribution in [2.75, 3.05) is 31.6 Å². The van der Waals surface area contributed by atoms with E-state index in [0.29, 0.717) is 55.2 Å². The molecule has 210 valence electrons. The van der Waals surface area contributed by atoms with Gasteiger partial charge in [0.25, 0.3) is 5.91 Å². The Labute approximate surface area is 227 Å². The number of piperidine rings is 1. The van der Waals surface area contributed by atoms with Gasteiger partial charge in [-0.05, 0) is 18.2 Å². The number of aliphatic hydroxyl groups is 1. The van der Waals surface area contributed by atoms with Crippen LogP contribution in [-0.2, 0) is 17.4 Å². The first-order valence-corrected chi connectivity index (χ1v) is 12.6. The zero-order chi connectivity index (χ0) is 28.7. The second-order valence-electron chi connectivity index (χ2n) is 9.98. The lowest BCUT2D eigenvalue weighted by molar-refractivity contribution is -0.141. The first kappa shape index (κ1) is 27.3. The van der Waals surface area contributed by atoms with Gasteiger partial charge in [-0.3, -0.25) is 14.6 Å². The zero-order valence-electron chi connectivity index (χ0n) is 21.6. The summed E-state index contributed by atoms with van der Waals surface area (Å²) >= 11 is 0. The predicted molar refractivity (Wildman–Crippen MR) is 137 cm³/mol. The molecule has 0 saturated carbocycles. The number of anilines is 1. The van der Waals surface area contributed by atoms with Crippen LogP contribution in [0.25, 0.3) is 11.3 Å². The van der Waals surface area contributed by atoms with Gasteiger partial charge in [-0.25, -0.2) is 9.97 Å². The molecule has 1 atom stereocenters. The van der Waals surface area contributed by atoms with Gasteiger partial charge in [0, 0.05) is 56.1 Å². The zero-order valence-corrected chi connectivity index (χ0v) is 21.6. The molecule has 2 aromatic heterocycles. The van der Waals surface area contributed by atoms with E-state index in [1.807, 2.05) is 11.0 Å². The number of pyridine rings is 1. The first-order chi connectivity index (χ1) is 19.0. The smallest absolute Gasteiger partial charge is 0.434 e. The lowest BCUT2D eigenvalue weighted by Gasteiger charge is -2.39. The standard InChI is InChI=1S/C27H27F3N6O4/c1-35(20(15-37)24(31)38)25(39)17-4-2-16(3-5-17)19-10-18-11-26(40-21(18)12-32-19)6-8-36(9-7-26)23-14-33-22(13-34-23)27(28,29)30/h2-5,10,12-14,20,37H,6-9,11,15H2,1H3,(H2,31,38)/t20-/m0/s1. The number of aliphatic hydroxyl groups excluding tert-OH is 1. The van der Waals surface area contributed by atoms with E-state index >= 15 is 0 Å². The number of carbonyl (C=O) groups is 2. The van der Waals surface area contributed by atoms with E-state index in [4.69, 9.17) is 10.5 Å². The number of alkyl halides is 3. The summed E-state index contributed by atoms with van der Waals surface area (Å²) in [7, 11) is 1.40. The first-order valence-electron chi connectivity index (χ1n) is 12.6. The summed E-state index contributed by atoms with van der Waals surface area (Å²) in [6, 6.07) is 7.59. The van der Waals surface area contributed by atoms with Gasteiger partial charge in [0.1, 0.15) is 23.2 Å². The predicted octanol–water partition coefficient (Wildman–Crippen LogP) is 2.45. The van der Waals surface area contributed by atoms with E-state index in [0.717, 1.165) is 28.4 Å². The molecule has 0 radical (unpaired) electrons. The molecule has 1 fully saturated rings. The minimum atomic E-state index is -4.53. The summed E-state index contributed by atoms with van der Waals surface area (Å²) in [4.78, 5) is 39.2. The highest BCUT2D eigenvalue weighted by Gasteiger charge is 2.43. The van der Waals surface area contributed by atoms with Crippen molar-refractivity contribution in [1.29, 1.82) is 0 Å². The molecule has 0 aliphatic carbocycles. The molecule has 1 saturated heterocycles. The molecule has 40 heavy (non-hydrogen) atoms. The van der Waals surface area contributed by atoms with Gasteiger partial charge in [-0.15, -0.1) is 0 Å². The number of amides is 2. The van der Waals surface area contributed by atoms with Crippen molar-refractivity contribution in [3.05, 3.63) is 65.7 Å². The summed E-state index contributed by atoms with van der Waals surface area (Å²) in [6.45, 7) is 0.551. The van der Waals surface area contributed by atoms with Crippen LogP contribution in [0.2, 0.25) is 0 Å². The van der Waals surface area contributed by atoms with Crippen LogP contribution in [-0.4, -0.2) is 75.2 Å². The normalized spacial score (nSPS) is 16.8. The molecule has 5 rings (SSSR count). The highest BCUT2D eigenvalue weighted by Crippen LogP contribution is 2.42. The Bertz CT molecular complexity index is 1410. The third kappa shape index (κ3) is 5.28. The van der Waals surface area contributed by atoms with E-state index < -0.39 is 41.9 Å². The molecular formula is C27H27F3N6O4. The van der Waals surface area contributed by atoms with Gasteiger partial charge in [-0.1, -0.05) is 12.1 Å². The van der Waals surface area contributed by atoms with Gasteiger partial charge in [0.2, 0.25) is 5.91 Å². The highest BCUT2D eigenvalue weighted by molar-refractivity contribution is 5.97. The van der Waals surface area contributed by atoms with Gasteiger partial charge in [0.05, 0.1) is 30.9 Å². The third-order valence-electron chi connectivity index (χ3n) is 7.43. The molecule has 2 aliphatic heterocycles. The number of halogens is 3. The van der Waals surface area contributed by atoms with Gasteiger partial charge in [0.15, 0.2) is 5.69 Å². The largest absolute Gasteiger partial charge is 0.485 e. The van der Waals surface area contributed by atoms with Crippen LogP contribution in [0.4, 0.5) is 19.0 Å². The van der Waals surface area contributed by atoms with Crippen LogP contribution in [0.3, 0.4) is 0 Å². The number of primary amides is 1.